The van der Waals surface area contributed by atoms with E-state index in [0.717, 1.165) is 27.7 Å². The second-order valence-corrected chi connectivity index (χ2v) is 8.54. The Hall–Kier alpha value is -3.19. The van der Waals surface area contributed by atoms with Gasteiger partial charge in [-0.25, -0.2) is 4.39 Å². The zero-order chi connectivity index (χ0) is 22.8. The van der Waals surface area contributed by atoms with Crippen LogP contribution < -0.4 is 5.32 Å². The third kappa shape index (κ3) is 4.83. The van der Waals surface area contributed by atoms with Gasteiger partial charge in [-0.3, -0.25) is 9.59 Å². The molecule has 1 aliphatic rings. The van der Waals surface area contributed by atoms with Gasteiger partial charge < -0.3 is 19.9 Å². The van der Waals surface area contributed by atoms with Crippen molar-refractivity contribution in [3.8, 4) is 0 Å². The zero-order valence-electron chi connectivity index (χ0n) is 18.6. The standard InChI is InChI=1S/C25H28FN3O3/c1-15-13-29(14-16(2)32-15)25(31)19-6-4-18(5-7-19)12-27-24(30)11-21-17(3)28-23-9-8-20(26)10-22(21)23/h4-10,15-16,28H,11-14H2,1-3H3,(H,27,30). The van der Waals surface area contributed by atoms with Crippen LogP contribution in [0.4, 0.5) is 4.39 Å². The lowest BCUT2D eigenvalue weighted by Gasteiger charge is -2.35. The molecule has 1 aliphatic heterocycles. The van der Waals surface area contributed by atoms with Crippen molar-refractivity contribution >= 4 is 22.7 Å². The third-order valence-corrected chi connectivity index (χ3v) is 5.82. The van der Waals surface area contributed by atoms with Crippen LogP contribution in [0.25, 0.3) is 10.9 Å². The number of hydrogen-bond donors (Lipinski definition) is 2. The zero-order valence-corrected chi connectivity index (χ0v) is 18.6. The Morgan fingerprint density at radius 3 is 2.50 bits per heavy atom. The van der Waals surface area contributed by atoms with Gasteiger partial charge in [0, 0.05) is 41.8 Å². The number of aromatic amines is 1. The fourth-order valence-electron chi connectivity index (χ4n) is 4.30. The van der Waals surface area contributed by atoms with E-state index < -0.39 is 0 Å². The number of rotatable bonds is 5. The maximum atomic E-state index is 13.6. The minimum atomic E-state index is -0.325. The highest BCUT2D eigenvalue weighted by Crippen LogP contribution is 2.23. The number of halogens is 1. The average Bonchev–Trinajstić information content (AvgIpc) is 3.06. The number of aromatic nitrogens is 1. The minimum Gasteiger partial charge on any atom is -0.372 e. The van der Waals surface area contributed by atoms with E-state index in [1.165, 1.54) is 12.1 Å². The van der Waals surface area contributed by atoms with E-state index in [9.17, 15) is 14.0 Å². The molecule has 2 unspecified atom stereocenters. The van der Waals surface area contributed by atoms with E-state index in [2.05, 4.69) is 10.3 Å². The number of carbonyl (C=O) groups excluding carboxylic acids is 2. The monoisotopic (exact) mass is 437 g/mol. The summed E-state index contributed by atoms with van der Waals surface area (Å²) in [6.45, 7) is 7.34. The number of benzene rings is 2. The number of aryl methyl sites for hydroxylation is 1. The van der Waals surface area contributed by atoms with Crippen molar-refractivity contribution in [1.29, 1.82) is 0 Å². The van der Waals surface area contributed by atoms with Crippen LogP contribution in [0.3, 0.4) is 0 Å². The second-order valence-electron chi connectivity index (χ2n) is 8.54. The molecule has 1 saturated heterocycles. The highest BCUT2D eigenvalue weighted by molar-refractivity contribution is 5.94. The van der Waals surface area contributed by atoms with E-state index in [1.807, 2.05) is 37.8 Å². The van der Waals surface area contributed by atoms with Crippen LogP contribution >= 0.6 is 0 Å². The topological polar surface area (TPSA) is 74.4 Å². The molecule has 1 aromatic heterocycles. The van der Waals surface area contributed by atoms with Gasteiger partial charge in [-0.2, -0.15) is 0 Å². The summed E-state index contributed by atoms with van der Waals surface area (Å²) in [5.41, 5.74) is 4.00. The highest BCUT2D eigenvalue weighted by Gasteiger charge is 2.26. The molecule has 0 radical (unpaired) electrons. The van der Waals surface area contributed by atoms with Gasteiger partial charge in [0.05, 0.1) is 18.6 Å². The van der Waals surface area contributed by atoms with Crippen LogP contribution in [-0.2, 0) is 22.5 Å². The molecular formula is C25H28FN3O3. The number of H-pyrrole nitrogens is 1. The van der Waals surface area contributed by atoms with E-state index in [-0.39, 0.29) is 36.3 Å². The molecule has 2 aromatic carbocycles. The molecule has 0 saturated carbocycles. The van der Waals surface area contributed by atoms with Crippen LogP contribution in [0.15, 0.2) is 42.5 Å². The molecule has 1 fully saturated rings. The van der Waals surface area contributed by atoms with Gasteiger partial charge >= 0.3 is 0 Å². The van der Waals surface area contributed by atoms with Crippen molar-refractivity contribution in [2.24, 2.45) is 0 Å². The number of fused-ring (bicyclic) bond motifs is 1. The molecule has 7 heteroatoms. The quantitative estimate of drug-likeness (QED) is 0.639. The summed E-state index contributed by atoms with van der Waals surface area (Å²) >= 11 is 0. The van der Waals surface area contributed by atoms with Gasteiger partial charge in [-0.05, 0) is 62.2 Å². The highest BCUT2D eigenvalue weighted by atomic mass is 19.1. The number of nitrogens with one attached hydrogen (secondary N) is 2. The van der Waals surface area contributed by atoms with Crippen molar-refractivity contribution in [3.05, 3.63) is 70.7 Å². The first-order valence-electron chi connectivity index (χ1n) is 10.9. The van der Waals surface area contributed by atoms with Crippen molar-refractivity contribution in [2.75, 3.05) is 13.1 Å². The molecule has 168 valence electrons. The summed E-state index contributed by atoms with van der Waals surface area (Å²) < 4.78 is 19.3. The normalized spacial score (nSPS) is 18.7. The summed E-state index contributed by atoms with van der Waals surface area (Å²) in [6, 6.07) is 11.8. The first-order chi connectivity index (χ1) is 15.3. The summed E-state index contributed by atoms with van der Waals surface area (Å²) in [6.07, 6.45) is 0.211. The molecule has 2 amide bonds. The Kier molecular flexibility index (Phi) is 6.28. The molecule has 2 N–H and O–H groups in total. The van der Waals surface area contributed by atoms with Crippen molar-refractivity contribution in [1.82, 2.24) is 15.2 Å². The molecular weight excluding hydrogens is 409 g/mol. The predicted molar refractivity (Wildman–Crippen MR) is 121 cm³/mol. The molecule has 3 aromatic rings. The summed E-state index contributed by atoms with van der Waals surface area (Å²) in [5, 5.41) is 3.64. The molecule has 0 spiro atoms. The second kappa shape index (κ2) is 9.12. The fraction of sp³-hybridized carbons (Fsp3) is 0.360. The largest absolute Gasteiger partial charge is 0.372 e. The van der Waals surface area contributed by atoms with Crippen LogP contribution in [0.5, 0.6) is 0 Å². The van der Waals surface area contributed by atoms with Crippen molar-refractivity contribution in [2.45, 2.75) is 45.9 Å². The maximum absolute atomic E-state index is 13.6. The molecule has 4 rings (SSSR count). The molecule has 2 heterocycles. The van der Waals surface area contributed by atoms with Crippen LogP contribution in [-0.4, -0.2) is 47.0 Å². The van der Waals surface area contributed by atoms with Crippen LogP contribution in [0, 0.1) is 12.7 Å². The number of morpholine rings is 1. The Bertz CT molecular complexity index is 1130. The van der Waals surface area contributed by atoms with Gasteiger partial charge in [0.1, 0.15) is 5.82 Å². The first-order valence-corrected chi connectivity index (χ1v) is 10.9. The van der Waals surface area contributed by atoms with Crippen LogP contribution in [0.2, 0.25) is 0 Å². The number of ether oxygens (including phenoxy) is 1. The van der Waals surface area contributed by atoms with E-state index in [4.69, 9.17) is 4.74 Å². The van der Waals surface area contributed by atoms with Crippen LogP contribution in [0.1, 0.15) is 41.0 Å². The van der Waals surface area contributed by atoms with E-state index >= 15 is 0 Å². The molecule has 6 nitrogen and oxygen atoms in total. The summed E-state index contributed by atoms with van der Waals surface area (Å²) in [4.78, 5) is 30.3. The van der Waals surface area contributed by atoms with Gasteiger partial charge in [-0.1, -0.05) is 12.1 Å². The first kappa shape index (κ1) is 22.0. The lowest BCUT2D eigenvalue weighted by atomic mass is 10.1. The third-order valence-electron chi connectivity index (χ3n) is 5.82. The average molecular weight is 438 g/mol. The molecule has 2 atom stereocenters. The van der Waals surface area contributed by atoms with Crippen molar-refractivity contribution in [3.63, 3.8) is 0 Å². The number of amides is 2. The fourth-order valence-corrected chi connectivity index (χ4v) is 4.30. The lowest BCUT2D eigenvalue weighted by molar-refractivity contribution is -0.120. The predicted octanol–water partition coefficient (Wildman–Crippen LogP) is 3.72. The smallest absolute Gasteiger partial charge is 0.254 e. The maximum Gasteiger partial charge on any atom is 0.254 e. The Morgan fingerprint density at radius 1 is 1.12 bits per heavy atom. The summed E-state index contributed by atoms with van der Waals surface area (Å²) in [7, 11) is 0. The Morgan fingerprint density at radius 2 is 1.81 bits per heavy atom. The Balaban J connectivity index is 1.35. The SMILES string of the molecule is Cc1[nH]c2ccc(F)cc2c1CC(=O)NCc1ccc(C(=O)N2CC(C)OC(C)C2)cc1. The van der Waals surface area contributed by atoms with Gasteiger partial charge in [0.25, 0.3) is 5.91 Å². The number of carbonyl (C=O) groups is 2. The minimum absolute atomic E-state index is 0.00960. The Labute approximate surface area is 186 Å². The molecule has 32 heavy (non-hydrogen) atoms. The number of nitrogens with zero attached hydrogens (tertiary/aromatic N) is 1. The van der Waals surface area contributed by atoms with Gasteiger partial charge in [-0.15, -0.1) is 0 Å². The van der Waals surface area contributed by atoms with Gasteiger partial charge in [0.2, 0.25) is 5.91 Å². The van der Waals surface area contributed by atoms with E-state index in [0.29, 0.717) is 25.2 Å². The summed E-state index contributed by atoms with van der Waals surface area (Å²) in [5.74, 6) is -0.479. The molecule has 0 aliphatic carbocycles. The van der Waals surface area contributed by atoms with E-state index in [1.54, 1.807) is 18.2 Å². The lowest BCUT2D eigenvalue weighted by Crippen LogP contribution is -2.48. The van der Waals surface area contributed by atoms with Gasteiger partial charge in [0.15, 0.2) is 0 Å². The molecule has 0 bridgehead atoms. The van der Waals surface area contributed by atoms with Crippen molar-refractivity contribution < 1.29 is 18.7 Å². The number of hydrogen-bond acceptors (Lipinski definition) is 3.